The van der Waals surface area contributed by atoms with Crippen LogP contribution in [0, 0.1) is 23.2 Å². The molecule has 1 aromatic heterocycles. The van der Waals surface area contributed by atoms with Crippen LogP contribution in [0.3, 0.4) is 0 Å². The summed E-state index contributed by atoms with van der Waals surface area (Å²) in [5.41, 5.74) is 1.83. The van der Waals surface area contributed by atoms with E-state index in [9.17, 15) is 19.6 Å². The fraction of sp³-hybridized carbons (Fsp3) is 0.393. The third kappa shape index (κ3) is 5.62. The number of allylic oxidation sites excluding steroid dienone is 1. The summed E-state index contributed by atoms with van der Waals surface area (Å²) < 4.78 is 5.42. The molecule has 10 heteroatoms. The van der Waals surface area contributed by atoms with E-state index in [0.29, 0.717) is 30.8 Å². The van der Waals surface area contributed by atoms with E-state index in [2.05, 4.69) is 33.3 Å². The number of ether oxygens (including phenoxy) is 1. The maximum absolute atomic E-state index is 13.7. The number of H-pyrrole nitrogens is 1. The van der Waals surface area contributed by atoms with E-state index in [1.54, 1.807) is 38.6 Å². The summed E-state index contributed by atoms with van der Waals surface area (Å²) in [6, 6.07) is 7.66. The minimum Gasteiger partial charge on any atom is -0.496 e. The average Bonchev–Trinajstić information content (AvgIpc) is 3.66. The summed E-state index contributed by atoms with van der Waals surface area (Å²) in [4.78, 5) is 47.9. The highest BCUT2D eigenvalue weighted by molar-refractivity contribution is 6.01. The third-order valence-electron chi connectivity index (χ3n) is 7.14. The predicted octanol–water partition coefficient (Wildman–Crippen LogP) is 2.70. The van der Waals surface area contributed by atoms with Crippen molar-refractivity contribution in [1.82, 2.24) is 20.5 Å². The molecule has 0 bridgehead atoms. The van der Waals surface area contributed by atoms with E-state index in [1.807, 2.05) is 18.2 Å². The lowest BCUT2D eigenvalue weighted by molar-refractivity contribution is -0.126. The minimum absolute atomic E-state index is 0.107. The van der Waals surface area contributed by atoms with Crippen LogP contribution < -0.4 is 15.4 Å². The van der Waals surface area contributed by atoms with E-state index in [0.717, 1.165) is 16.5 Å². The number of aromatic amines is 1. The smallest absolute Gasteiger partial charge is 0.271 e. The van der Waals surface area contributed by atoms with Gasteiger partial charge in [0, 0.05) is 48.2 Å². The first-order valence-corrected chi connectivity index (χ1v) is 12.6. The molecule has 1 aromatic carbocycles. The van der Waals surface area contributed by atoms with Gasteiger partial charge in [0.2, 0.25) is 11.8 Å². The lowest BCUT2D eigenvalue weighted by Gasteiger charge is -2.25. The summed E-state index contributed by atoms with van der Waals surface area (Å²) >= 11 is 0. The van der Waals surface area contributed by atoms with Crippen molar-refractivity contribution in [2.45, 2.75) is 38.3 Å². The second-order valence-electron chi connectivity index (χ2n) is 9.51. The van der Waals surface area contributed by atoms with Gasteiger partial charge in [-0.1, -0.05) is 12.6 Å². The third-order valence-corrected chi connectivity index (χ3v) is 7.14. The molecule has 2 fully saturated rings. The maximum Gasteiger partial charge on any atom is 0.271 e. The van der Waals surface area contributed by atoms with Crippen molar-refractivity contribution in [3.05, 3.63) is 54.4 Å². The van der Waals surface area contributed by atoms with Crippen molar-refractivity contribution in [3.8, 4) is 11.8 Å². The van der Waals surface area contributed by atoms with Gasteiger partial charge in [0.05, 0.1) is 13.2 Å². The predicted molar refractivity (Wildman–Crippen MR) is 144 cm³/mol. The normalized spacial score (nSPS) is 22.1. The molecule has 2 aliphatic rings. The highest BCUT2D eigenvalue weighted by Crippen LogP contribution is 2.32. The average molecular weight is 517 g/mol. The first-order chi connectivity index (χ1) is 18.4. The lowest BCUT2D eigenvalue weighted by atomic mass is 9.96. The van der Waals surface area contributed by atoms with Crippen LogP contribution in [0.15, 0.2) is 53.7 Å². The summed E-state index contributed by atoms with van der Waals surface area (Å²) in [6.45, 7) is 6.78. The number of nitrogens with one attached hydrogen (secondary N) is 3. The van der Waals surface area contributed by atoms with Gasteiger partial charge in [-0.3, -0.25) is 19.4 Å². The number of benzene rings is 1. The molecule has 3 N–H and O–H groups in total. The van der Waals surface area contributed by atoms with Gasteiger partial charge in [-0.25, -0.2) is 0 Å². The topological polar surface area (TPSA) is 140 Å². The van der Waals surface area contributed by atoms with E-state index in [4.69, 9.17) is 4.74 Å². The molecule has 4 atom stereocenters. The molecule has 10 nitrogen and oxygen atoms in total. The quantitative estimate of drug-likeness (QED) is 0.347. The zero-order chi connectivity index (χ0) is 27.2. The zero-order valence-corrected chi connectivity index (χ0v) is 21.6. The molecule has 0 spiro atoms. The number of likely N-dealkylation sites (tertiary alicyclic amines) is 1. The second-order valence-corrected chi connectivity index (χ2v) is 9.51. The van der Waals surface area contributed by atoms with Crippen LogP contribution in [0.2, 0.25) is 0 Å². The van der Waals surface area contributed by atoms with E-state index < -0.39 is 18.0 Å². The Hall–Kier alpha value is -4.39. The Balaban J connectivity index is 1.57. The molecule has 38 heavy (non-hydrogen) atoms. The molecule has 198 valence electrons. The van der Waals surface area contributed by atoms with Crippen LogP contribution in [0.4, 0.5) is 0 Å². The number of fused-ring (bicyclic) bond motifs is 1. The number of methoxy groups -OCH3 is 1. The van der Waals surface area contributed by atoms with E-state index in [1.165, 1.54) is 4.90 Å². The summed E-state index contributed by atoms with van der Waals surface area (Å²) in [7, 11) is 1.57. The molecule has 0 saturated carbocycles. The van der Waals surface area contributed by atoms with Crippen LogP contribution in [-0.4, -0.2) is 66.1 Å². The van der Waals surface area contributed by atoms with Crippen LogP contribution in [-0.2, 0) is 9.59 Å². The second kappa shape index (κ2) is 11.8. The van der Waals surface area contributed by atoms with Crippen LogP contribution in [0.25, 0.3) is 10.9 Å². The van der Waals surface area contributed by atoms with Gasteiger partial charge >= 0.3 is 0 Å². The van der Waals surface area contributed by atoms with Gasteiger partial charge in [0.1, 0.15) is 23.5 Å². The van der Waals surface area contributed by atoms with Crippen LogP contribution in [0.1, 0.15) is 36.7 Å². The molecule has 1 unspecified atom stereocenters. The Morgan fingerprint density at radius 1 is 1.42 bits per heavy atom. The fourth-order valence-corrected chi connectivity index (χ4v) is 5.08. The number of rotatable bonds is 9. The van der Waals surface area contributed by atoms with Crippen molar-refractivity contribution >= 4 is 34.8 Å². The minimum atomic E-state index is -0.841. The van der Waals surface area contributed by atoms with Crippen molar-refractivity contribution in [2.75, 3.05) is 20.2 Å². The number of nitriles is 1. The van der Waals surface area contributed by atoms with Gasteiger partial charge in [0.25, 0.3) is 5.91 Å². The molecule has 3 heterocycles. The molecule has 0 aliphatic carbocycles. The van der Waals surface area contributed by atoms with Crippen LogP contribution in [0.5, 0.6) is 5.75 Å². The van der Waals surface area contributed by atoms with Crippen molar-refractivity contribution in [3.63, 3.8) is 0 Å². The Kier molecular flexibility index (Phi) is 8.26. The molecule has 2 aromatic rings. The SMILES string of the molecule is C=C(/C=C\N=C/C)[C@@H]1C[C@@H](C(=O)N[C@H](C#N)CC2CCNC2=O)N(C(=O)c2cc3c(OC)cccc3[nH]2)C1. The fourth-order valence-electron chi connectivity index (χ4n) is 5.08. The number of carbonyl (C=O) groups is 3. The Morgan fingerprint density at radius 2 is 2.24 bits per heavy atom. The number of amides is 3. The number of hydrogen-bond acceptors (Lipinski definition) is 6. The summed E-state index contributed by atoms with van der Waals surface area (Å²) in [5.74, 6) is -0.725. The summed E-state index contributed by atoms with van der Waals surface area (Å²) in [6.07, 6.45) is 6.26. The van der Waals surface area contributed by atoms with Crippen molar-refractivity contribution in [2.24, 2.45) is 16.8 Å². The largest absolute Gasteiger partial charge is 0.496 e. The Morgan fingerprint density at radius 3 is 2.92 bits per heavy atom. The van der Waals surface area contributed by atoms with E-state index in [-0.39, 0.29) is 36.6 Å². The van der Waals surface area contributed by atoms with Gasteiger partial charge < -0.3 is 25.3 Å². The number of aromatic nitrogens is 1. The molecule has 0 radical (unpaired) electrons. The number of hydrogen-bond donors (Lipinski definition) is 3. The summed E-state index contributed by atoms with van der Waals surface area (Å²) in [5, 5.41) is 16.0. The highest BCUT2D eigenvalue weighted by Gasteiger charge is 2.41. The molecule has 4 rings (SSSR count). The first kappa shape index (κ1) is 26.7. The maximum atomic E-state index is 13.7. The monoisotopic (exact) mass is 516 g/mol. The zero-order valence-electron chi connectivity index (χ0n) is 21.6. The Bertz CT molecular complexity index is 1340. The first-order valence-electron chi connectivity index (χ1n) is 12.6. The standard InChI is InChI=1S/C28H32N6O4/c1-4-30-10-8-17(2)19-13-24(27(36)32-20(15-29)12-18-9-11-31-26(18)35)34(16-19)28(37)23-14-21-22(33-23)6-5-7-25(21)38-3/h4-8,10,14,18-20,24,33H,2,9,11-13,16H2,1,3H3,(H,31,35)(H,32,36)/b10-8-,30-4-/t18?,19-,20+,24+/m1/s1. The van der Waals surface area contributed by atoms with Crippen molar-refractivity contribution < 1.29 is 19.1 Å². The molecule has 2 aliphatic heterocycles. The van der Waals surface area contributed by atoms with Gasteiger partial charge in [-0.05, 0) is 56.0 Å². The van der Waals surface area contributed by atoms with Gasteiger partial charge in [-0.15, -0.1) is 0 Å². The highest BCUT2D eigenvalue weighted by atomic mass is 16.5. The number of aliphatic imine (C=N–C) groups is 1. The number of carbonyl (C=O) groups excluding carboxylic acids is 3. The van der Waals surface area contributed by atoms with Crippen molar-refractivity contribution in [1.29, 1.82) is 5.26 Å². The van der Waals surface area contributed by atoms with Gasteiger partial charge in [-0.2, -0.15) is 5.26 Å². The Labute approximate surface area is 221 Å². The van der Waals surface area contributed by atoms with E-state index >= 15 is 0 Å². The molecule has 2 saturated heterocycles. The van der Waals surface area contributed by atoms with Crippen LogP contribution >= 0.6 is 0 Å². The molecule has 3 amide bonds. The lowest BCUT2D eigenvalue weighted by Crippen LogP contribution is -2.49. The van der Waals surface area contributed by atoms with Gasteiger partial charge in [0.15, 0.2) is 0 Å². The number of nitrogens with zero attached hydrogens (tertiary/aromatic N) is 3. The molecular formula is C28H32N6O4. The molecular weight excluding hydrogens is 484 g/mol.